The highest BCUT2D eigenvalue weighted by atomic mass is 32.2. The molecule has 8 heteroatoms. The van der Waals surface area contributed by atoms with Gasteiger partial charge in [0.15, 0.2) is 0 Å². The summed E-state index contributed by atoms with van der Waals surface area (Å²) in [4.78, 5) is 34.2. The first kappa shape index (κ1) is 15.5. The van der Waals surface area contributed by atoms with Gasteiger partial charge in [0.2, 0.25) is 0 Å². The van der Waals surface area contributed by atoms with Gasteiger partial charge in [0, 0.05) is 11.8 Å². The third kappa shape index (κ3) is 4.56. The normalized spacial score (nSPS) is 12.2. The maximum atomic E-state index is 11.6. The summed E-state index contributed by atoms with van der Waals surface area (Å²) in [5.41, 5.74) is 5.06. The summed E-state index contributed by atoms with van der Waals surface area (Å²) in [5, 5.41) is 0. The van der Waals surface area contributed by atoms with Crippen molar-refractivity contribution in [3.8, 4) is 0 Å². The Bertz CT molecular complexity index is 507. The molecule has 7 nitrogen and oxygen atoms in total. The van der Waals surface area contributed by atoms with Crippen molar-refractivity contribution >= 4 is 23.6 Å². The predicted octanol–water partition coefficient (Wildman–Crippen LogP) is 0.0135. The summed E-state index contributed by atoms with van der Waals surface area (Å²) < 4.78 is 10.4. The molecule has 106 valence electrons. The average molecular weight is 288 g/mol. The van der Waals surface area contributed by atoms with Crippen molar-refractivity contribution in [2.45, 2.75) is 19.9 Å². The summed E-state index contributed by atoms with van der Waals surface area (Å²) in [5.74, 6) is -0.391. The number of nitrogens with two attached hydrogens (primary N) is 1. The summed E-state index contributed by atoms with van der Waals surface area (Å²) >= 11 is 1.14. The Kier molecular flexibility index (Phi) is 5.84. The molecule has 1 aromatic rings. The Morgan fingerprint density at radius 1 is 1.58 bits per heavy atom. The fourth-order valence-corrected chi connectivity index (χ4v) is 2.07. The molecule has 0 saturated carbocycles. The first-order chi connectivity index (χ1) is 8.95. The van der Waals surface area contributed by atoms with Crippen molar-refractivity contribution in [3.63, 3.8) is 0 Å². The molecule has 0 aliphatic heterocycles. The van der Waals surface area contributed by atoms with Gasteiger partial charge in [-0.25, -0.2) is 0 Å². The number of hydrogen-bond donors (Lipinski definition) is 1. The molecule has 0 saturated heterocycles. The SMILES string of the molecule is CCOC(=O)C(N)CSCC(=O)n1oc(C)cc1=O. The van der Waals surface area contributed by atoms with Gasteiger partial charge in [-0.1, -0.05) is 0 Å². The number of nitrogens with zero attached hydrogens (tertiary/aromatic N) is 1. The molecule has 0 spiro atoms. The van der Waals surface area contributed by atoms with Gasteiger partial charge in [-0.3, -0.25) is 14.4 Å². The van der Waals surface area contributed by atoms with Crippen molar-refractivity contribution in [1.29, 1.82) is 0 Å². The van der Waals surface area contributed by atoms with E-state index < -0.39 is 23.5 Å². The third-order valence-corrected chi connectivity index (χ3v) is 3.15. The molecule has 0 amide bonds. The summed E-state index contributed by atoms with van der Waals surface area (Å²) in [6.07, 6.45) is 0. The van der Waals surface area contributed by atoms with E-state index >= 15 is 0 Å². The first-order valence-electron chi connectivity index (χ1n) is 5.68. The van der Waals surface area contributed by atoms with Crippen LogP contribution in [0.25, 0.3) is 0 Å². The lowest BCUT2D eigenvalue weighted by Crippen LogP contribution is -2.35. The lowest BCUT2D eigenvalue weighted by Gasteiger charge is -2.09. The second kappa shape index (κ2) is 7.15. The maximum Gasteiger partial charge on any atom is 0.323 e. The second-order valence-corrected chi connectivity index (χ2v) is 4.78. The van der Waals surface area contributed by atoms with Gasteiger partial charge in [-0.05, 0) is 13.8 Å². The molecule has 1 heterocycles. The Morgan fingerprint density at radius 3 is 2.79 bits per heavy atom. The van der Waals surface area contributed by atoms with E-state index in [1.165, 1.54) is 6.07 Å². The molecule has 19 heavy (non-hydrogen) atoms. The fraction of sp³-hybridized carbons (Fsp3) is 0.545. The third-order valence-electron chi connectivity index (χ3n) is 2.10. The Labute approximate surface area is 114 Å². The highest BCUT2D eigenvalue weighted by molar-refractivity contribution is 8.00. The Balaban J connectivity index is 2.41. The van der Waals surface area contributed by atoms with Crippen molar-refractivity contribution in [3.05, 3.63) is 22.2 Å². The lowest BCUT2D eigenvalue weighted by atomic mass is 10.4. The number of esters is 1. The smallest absolute Gasteiger partial charge is 0.323 e. The van der Waals surface area contributed by atoms with Gasteiger partial charge in [0.25, 0.3) is 11.5 Å². The Hall–Kier alpha value is -1.54. The van der Waals surface area contributed by atoms with Gasteiger partial charge in [-0.15, -0.1) is 16.5 Å². The minimum absolute atomic E-state index is 0.0000347. The van der Waals surface area contributed by atoms with E-state index in [2.05, 4.69) is 0 Å². The molecule has 0 fully saturated rings. The molecule has 0 aliphatic carbocycles. The first-order valence-corrected chi connectivity index (χ1v) is 6.84. The number of rotatable bonds is 6. The van der Waals surface area contributed by atoms with E-state index in [1.807, 2.05) is 0 Å². The number of carbonyl (C=O) groups excluding carboxylic acids is 2. The highest BCUT2D eigenvalue weighted by Crippen LogP contribution is 2.05. The van der Waals surface area contributed by atoms with E-state index in [-0.39, 0.29) is 18.1 Å². The van der Waals surface area contributed by atoms with Crippen molar-refractivity contribution < 1.29 is 18.8 Å². The summed E-state index contributed by atoms with van der Waals surface area (Å²) in [7, 11) is 0. The molecule has 1 aromatic heterocycles. The van der Waals surface area contributed by atoms with Gasteiger partial charge < -0.3 is 15.0 Å². The second-order valence-electron chi connectivity index (χ2n) is 3.75. The zero-order valence-corrected chi connectivity index (χ0v) is 11.6. The molecule has 0 radical (unpaired) electrons. The quantitative estimate of drug-likeness (QED) is 0.735. The van der Waals surface area contributed by atoms with Gasteiger partial charge >= 0.3 is 5.97 Å². The van der Waals surface area contributed by atoms with Crippen LogP contribution in [0.5, 0.6) is 0 Å². The minimum atomic E-state index is -0.784. The topological polar surface area (TPSA) is 105 Å². The van der Waals surface area contributed by atoms with Crippen LogP contribution in [0.15, 0.2) is 15.4 Å². The van der Waals surface area contributed by atoms with Crippen LogP contribution in [-0.2, 0) is 9.53 Å². The number of ether oxygens (including phenoxy) is 1. The number of carbonyl (C=O) groups is 2. The van der Waals surface area contributed by atoms with Crippen LogP contribution in [0.3, 0.4) is 0 Å². The van der Waals surface area contributed by atoms with Gasteiger partial charge in [0.05, 0.1) is 12.4 Å². The molecule has 1 atom stereocenters. The molecular formula is C11H16N2O5S. The summed E-state index contributed by atoms with van der Waals surface area (Å²) in [6.45, 7) is 3.53. The van der Waals surface area contributed by atoms with Crippen molar-refractivity contribution in [2.75, 3.05) is 18.1 Å². The minimum Gasteiger partial charge on any atom is -0.465 e. The number of aryl methyl sites for hydroxylation is 1. The Morgan fingerprint density at radius 2 is 2.26 bits per heavy atom. The molecule has 1 unspecified atom stereocenters. The van der Waals surface area contributed by atoms with E-state index in [1.54, 1.807) is 13.8 Å². The zero-order valence-electron chi connectivity index (χ0n) is 10.8. The predicted molar refractivity (Wildman–Crippen MR) is 70.3 cm³/mol. The average Bonchev–Trinajstić information content (AvgIpc) is 2.68. The molecule has 0 bridgehead atoms. The van der Waals surface area contributed by atoms with Crippen LogP contribution in [0.1, 0.15) is 17.5 Å². The van der Waals surface area contributed by atoms with E-state index in [4.69, 9.17) is 15.0 Å². The number of aromatic nitrogens is 1. The maximum absolute atomic E-state index is 11.6. The van der Waals surface area contributed by atoms with Crippen LogP contribution < -0.4 is 11.3 Å². The van der Waals surface area contributed by atoms with Crippen LogP contribution >= 0.6 is 11.8 Å². The zero-order chi connectivity index (χ0) is 14.4. The summed E-state index contributed by atoms with van der Waals surface area (Å²) in [6, 6.07) is 0.445. The lowest BCUT2D eigenvalue weighted by molar-refractivity contribution is -0.144. The number of hydrogen-bond acceptors (Lipinski definition) is 7. The van der Waals surface area contributed by atoms with Crippen LogP contribution in [0.4, 0.5) is 0 Å². The molecular weight excluding hydrogens is 272 g/mol. The van der Waals surface area contributed by atoms with Crippen molar-refractivity contribution in [1.82, 2.24) is 4.74 Å². The van der Waals surface area contributed by atoms with Crippen LogP contribution in [0, 0.1) is 6.92 Å². The largest absolute Gasteiger partial charge is 0.465 e. The molecule has 1 rings (SSSR count). The standard InChI is InChI=1S/C11H16N2O5S/c1-3-17-11(16)8(12)5-19-6-10(15)13-9(14)4-7(2)18-13/h4,8H,3,5-6,12H2,1-2H3. The van der Waals surface area contributed by atoms with Crippen molar-refractivity contribution in [2.24, 2.45) is 5.73 Å². The van der Waals surface area contributed by atoms with Crippen LogP contribution in [0.2, 0.25) is 0 Å². The van der Waals surface area contributed by atoms with Crippen LogP contribution in [-0.4, -0.2) is 40.8 Å². The van der Waals surface area contributed by atoms with E-state index in [0.717, 1.165) is 11.8 Å². The molecule has 0 aromatic carbocycles. The number of thioether (sulfide) groups is 1. The van der Waals surface area contributed by atoms with E-state index in [9.17, 15) is 14.4 Å². The van der Waals surface area contributed by atoms with Gasteiger partial charge in [0.1, 0.15) is 11.8 Å². The van der Waals surface area contributed by atoms with E-state index in [0.29, 0.717) is 10.5 Å². The molecule has 2 N–H and O–H groups in total. The monoisotopic (exact) mass is 288 g/mol. The van der Waals surface area contributed by atoms with Gasteiger partial charge in [-0.2, -0.15) is 0 Å². The fourth-order valence-electron chi connectivity index (χ4n) is 1.27. The molecule has 0 aliphatic rings. The highest BCUT2D eigenvalue weighted by Gasteiger charge is 2.17.